The molecule has 0 aliphatic rings. The van der Waals surface area contributed by atoms with Crippen molar-refractivity contribution < 1.29 is 5.11 Å². The Bertz CT molecular complexity index is 1140. The van der Waals surface area contributed by atoms with Crippen LogP contribution in [0.4, 0.5) is 5.82 Å². The summed E-state index contributed by atoms with van der Waals surface area (Å²) < 4.78 is 1.68. The minimum absolute atomic E-state index is 0.0461. The van der Waals surface area contributed by atoms with Gasteiger partial charge in [-0.3, -0.25) is 9.67 Å². The molecular weight excluding hydrogens is 328 g/mol. The lowest BCUT2D eigenvalue weighted by Gasteiger charge is -2.05. The number of hydrogen-bond acceptors (Lipinski definition) is 5. The second kappa shape index (κ2) is 6.11. The van der Waals surface area contributed by atoms with Crippen LogP contribution in [0.1, 0.15) is 18.1 Å². The maximum absolute atomic E-state index is 10.4. The summed E-state index contributed by atoms with van der Waals surface area (Å²) in [6.45, 7) is 3.85. The van der Waals surface area contributed by atoms with Crippen LogP contribution in [0, 0.1) is 6.92 Å². The van der Waals surface area contributed by atoms with E-state index in [1.807, 2.05) is 51.4 Å². The lowest BCUT2D eigenvalue weighted by molar-refractivity contribution is 0.457. The van der Waals surface area contributed by atoms with E-state index in [1.54, 1.807) is 17.1 Å². The Morgan fingerprint density at radius 1 is 1.23 bits per heavy atom. The fourth-order valence-corrected chi connectivity index (χ4v) is 2.97. The SMILES string of the molecule is CC(=Nc1ccn(C)n1)c1c(O)[nH]c2ccc(-c3cnccc3C)nc12. The first kappa shape index (κ1) is 16.0. The van der Waals surface area contributed by atoms with Gasteiger partial charge in [0.15, 0.2) is 11.7 Å². The van der Waals surface area contributed by atoms with E-state index >= 15 is 0 Å². The van der Waals surface area contributed by atoms with Crippen LogP contribution in [0.3, 0.4) is 0 Å². The topological polar surface area (TPSA) is 92.0 Å². The molecule has 7 heteroatoms. The predicted octanol–water partition coefficient (Wildman–Crippen LogP) is 3.51. The third-order valence-corrected chi connectivity index (χ3v) is 4.28. The maximum Gasteiger partial charge on any atom is 0.200 e. The van der Waals surface area contributed by atoms with E-state index in [9.17, 15) is 5.11 Å². The lowest BCUT2D eigenvalue weighted by Crippen LogP contribution is -1.96. The van der Waals surface area contributed by atoms with Gasteiger partial charge in [0.2, 0.25) is 0 Å². The highest BCUT2D eigenvalue weighted by atomic mass is 16.3. The van der Waals surface area contributed by atoms with Crippen LogP contribution in [-0.2, 0) is 7.05 Å². The molecule has 0 saturated heterocycles. The molecule has 7 nitrogen and oxygen atoms in total. The molecule has 26 heavy (non-hydrogen) atoms. The number of hydrogen-bond donors (Lipinski definition) is 2. The van der Waals surface area contributed by atoms with Gasteiger partial charge in [0, 0.05) is 37.3 Å². The van der Waals surface area contributed by atoms with Crippen LogP contribution in [0.25, 0.3) is 22.3 Å². The van der Waals surface area contributed by atoms with Gasteiger partial charge in [0.25, 0.3) is 0 Å². The zero-order valence-corrected chi connectivity index (χ0v) is 14.7. The fourth-order valence-electron chi connectivity index (χ4n) is 2.97. The summed E-state index contributed by atoms with van der Waals surface area (Å²) in [6, 6.07) is 7.58. The Balaban J connectivity index is 1.87. The number of H-pyrrole nitrogens is 1. The van der Waals surface area contributed by atoms with Gasteiger partial charge in [-0.05, 0) is 37.6 Å². The van der Waals surface area contributed by atoms with Crippen molar-refractivity contribution in [3.05, 3.63) is 54.0 Å². The smallest absolute Gasteiger partial charge is 0.200 e. The summed E-state index contributed by atoms with van der Waals surface area (Å²) in [4.78, 5) is 16.4. The molecule has 0 unspecified atom stereocenters. The van der Waals surface area contributed by atoms with Crippen molar-refractivity contribution in [2.24, 2.45) is 12.0 Å². The number of aromatic nitrogens is 5. The van der Waals surface area contributed by atoms with Crippen LogP contribution in [0.2, 0.25) is 0 Å². The molecule has 0 aliphatic heterocycles. The van der Waals surface area contributed by atoms with Gasteiger partial charge in [-0.15, -0.1) is 0 Å². The number of aromatic amines is 1. The number of aromatic hydroxyl groups is 1. The number of rotatable bonds is 3. The molecular formula is C19H18N6O. The molecule has 0 spiro atoms. The van der Waals surface area contributed by atoms with E-state index in [2.05, 4.69) is 20.1 Å². The number of aryl methyl sites for hydroxylation is 2. The van der Waals surface area contributed by atoms with Crippen molar-refractivity contribution in [1.29, 1.82) is 0 Å². The summed E-state index contributed by atoms with van der Waals surface area (Å²) in [5.41, 5.74) is 5.48. The molecule has 0 saturated carbocycles. The second-order valence-electron chi connectivity index (χ2n) is 6.18. The summed E-state index contributed by atoms with van der Waals surface area (Å²) in [5, 5.41) is 14.6. The molecule has 4 aromatic heterocycles. The van der Waals surface area contributed by atoms with Gasteiger partial charge in [-0.2, -0.15) is 5.10 Å². The Hall–Kier alpha value is -3.48. The lowest BCUT2D eigenvalue weighted by atomic mass is 10.1. The summed E-state index contributed by atoms with van der Waals surface area (Å²) in [6.07, 6.45) is 5.38. The third kappa shape index (κ3) is 2.73. The number of nitrogens with zero attached hydrogens (tertiary/aromatic N) is 5. The van der Waals surface area contributed by atoms with Crippen LogP contribution < -0.4 is 0 Å². The standard InChI is InChI=1S/C19H18N6O/c1-11-6-8-20-10-13(11)14-4-5-15-18(22-14)17(19(26)23-15)12(2)21-16-7-9-25(3)24-16/h4-10,23,26H,1-3H3. The first-order valence-electron chi connectivity index (χ1n) is 8.21. The van der Waals surface area contributed by atoms with E-state index in [0.29, 0.717) is 22.6 Å². The maximum atomic E-state index is 10.4. The van der Waals surface area contributed by atoms with E-state index < -0.39 is 0 Å². The van der Waals surface area contributed by atoms with E-state index in [0.717, 1.165) is 22.3 Å². The normalized spacial score (nSPS) is 12.0. The Morgan fingerprint density at radius 2 is 2.08 bits per heavy atom. The first-order chi connectivity index (χ1) is 12.5. The summed E-state index contributed by atoms with van der Waals surface area (Å²) in [7, 11) is 1.83. The molecule has 0 aromatic carbocycles. The molecule has 0 atom stereocenters. The summed E-state index contributed by atoms with van der Waals surface area (Å²) >= 11 is 0. The highest BCUT2D eigenvalue weighted by Gasteiger charge is 2.17. The zero-order chi connectivity index (χ0) is 18.3. The molecule has 0 amide bonds. The van der Waals surface area contributed by atoms with Crippen molar-refractivity contribution in [2.45, 2.75) is 13.8 Å². The number of aliphatic imine (C=N–C) groups is 1. The largest absolute Gasteiger partial charge is 0.494 e. The van der Waals surface area contributed by atoms with Crippen molar-refractivity contribution in [1.82, 2.24) is 24.7 Å². The first-order valence-corrected chi connectivity index (χ1v) is 8.21. The highest BCUT2D eigenvalue weighted by Crippen LogP contribution is 2.30. The molecule has 0 radical (unpaired) electrons. The molecule has 0 aliphatic carbocycles. The van der Waals surface area contributed by atoms with E-state index in [1.165, 1.54) is 0 Å². The van der Waals surface area contributed by atoms with Crippen molar-refractivity contribution in [2.75, 3.05) is 0 Å². The fraction of sp³-hybridized carbons (Fsp3) is 0.158. The molecule has 0 bridgehead atoms. The van der Waals surface area contributed by atoms with Gasteiger partial charge >= 0.3 is 0 Å². The van der Waals surface area contributed by atoms with Gasteiger partial charge in [0.1, 0.15) is 5.52 Å². The van der Waals surface area contributed by atoms with Crippen LogP contribution >= 0.6 is 0 Å². The van der Waals surface area contributed by atoms with E-state index in [4.69, 9.17) is 4.98 Å². The zero-order valence-electron chi connectivity index (χ0n) is 14.7. The number of pyridine rings is 2. The third-order valence-electron chi connectivity index (χ3n) is 4.28. The monoisotopic (exact) mass is 346 g/mol. The molecule has 4 aromatic rings. The Kier molecular flexibility index (Phi) is 3.76. The number of nitrogens with one attached hydrogen (secondary N) is 1. The molecule has 130 valence electrons. The van der Waals surface area contributed by atoms with Crippen molar-refractivity contribution in [3.63, 3.8) is 0 Å². The minimum Gasteiger partial charge on any atom is -0.494 e. The minimum atomic E-state index is 0.0461. The molecule has 4 heterocycles. The quantitative estimate of drug-likeness (QED) is 0.555. The second-order valence-corrected chi connectivity index (χ2v) is 6.18. The van der Waals surface area contributed by atoms with Crippen molar-refractivity contribution >= 4 is 22.6 Å². The molecule has 0 fully saturated rings. The van der Waals surface area contributed by atoms with Crippen LogP contribution in [0.15, 0.2) is 47.8 Å². The van der Waals surface area contributed by atoms with Gasteiger partial charge in [0.05, 0.1) is 22.5 Å². The van der Waals surface area contributed by atoms with Crippen LogP contribution in [-0.4, -0.2) is 35.6 Å². The average molecular weight is 346 g/mol. The Labute approximate surface area is 150 Å². The predicted molar refractivity (Wildman–Crippen MR) is 101 cm³/mol. The molecule has 2 N–H and O–H groups in total. The Morgan fingerprint density at radius 3 is 2.81 bits per heavy atom. The average Bonchev–Trinajstić information content (AvgIpc) is 3.16. The van der Waals surface area contributed by atoms with Crippen molar-refractivity contribution in [3.8, 4) is 17.1 Å². The number of fused-ring (bicyclic) bond motifs is 1. The van der Waals surface area contributed by atoms with E-state index in [-0.39, 0.29) is 5.88 Å². The van der Waals surface area contributed by atoms with Gasteiger partial charge in [-0.1, -0.05) is 0 Å². The van der Waals surface area contributed by atoms with Gasteiger partial charge in [-0.25, -0.2) is 9.98 Å². The molecule has 4 rings (SSSR count). The summed E-state index contributed by atoms with van der Waals surface area (Å²) in [5.74, 6) is 0.628. The highest BCUT2D eigenvalue weighted by molar-refractivity contribution is 6.11. The van der Waals surface area contributed by atoms with Crippen LogP contribution in [0.5, 0.6) is 5.88 Å². The van der Waals surface area contributed by atoms with Gasteiger partial charge < -0.3 is 10.1 Å².